The zero-order valence-electron chi connectivity index (χ0n) is 19.8. The summed E-state index contributed by atoms with van der Waals surface area (Å²) < 4.78 is 0. The maximum atomic E-state index is 13.0. The average Bonchev–Trinajstić information content (AvgIpc) is 3.37. The van der Waals surface area contributed by atoms with Crippen LogP contribution < -0.4 is 21.7 Å². The molecule has 0 bridgehead atoms. The van der Waals surface area contributed by atoms with E-state index in [0.717, 1.165) is 5.56 Å². The molecule has 1 aromatic carbocycles. The van der Waals surface area contributed by atoms with Crippen LogP contribution in [0.4, 0.5) is 0 Å². The van der Waals surface area contributed by atoms with Crippen LogP contribution in [0, 0.1) is 0 Å². The number of nitrogens with zero attached hydrogens (tertiary/aromatic N) is 1. The Balaban J connectivity index is 2.08. The number of aromatic nitrogens is 2. The highest BCUT2D eigenvalue weighted by molar-refractivity contribution is 5.94. The summed E-state index contributed by atoms with van der Waals surface area (Å²) in [5.41, 5.74) is 7.31. The molecule has 200 valence electrons. The zero-order chi connectivity index (χ0) is 27.4. The molecule has 0 saturated carbocycles. The van der Waals surface area contributed by atoms with Crippen molar-refractivity contribution in [2.75, 3.05) is 6.61 Å². The summed E-state index contributed by atoms with van der Waals surface area (Å²) in [4.78, 5) is 67.0. The lowest BCUT2D eigenvalue weighted by molar-refractivity contribution is -0.143. The van der Waals surface area contributed by atoms with Crippen LogP contribution in [0.3, 0.4) is 0 Å². The van der Waals surface area contributed by atoms with Crippen molar-refractivity contribution in [1.82, 2.24) is 25.9 Å². The van der Waals surface area contributed by atoms with Crippen LogP contribution in [-0.4, -0.2) is 85.7 Å². The molecular formula is C23H30N6O8. The minimum Gasteiger partial charge on any atom is -0.481 e. The number of H-pyrrole nitrogens is 1. The van der Waals surface area contributed by atoms with Gasteiger partial charge in [0.1, 0.15) is 18.1 Å². The van der Waals surface area contributed by atoms with E-state index in [9.17, 15) is 34.2 Å². The molecule has 1 aromatic heterocycles. The quantitative estimate of drug-likeness (QED) is 0.128. The van der Waals surface area contributed by atoms with Crippen LogP contribution in [-0.2, 0) is 36.8 Å². The molecule has 0 radical (unpaired) electrons. The van der Waals surface area contributed by atoms with Crippen LogP contribution in [0.25, 0.3) is 0 Å². The number of aromatic amines is 1. The molecule has 1 heterocycles. The predicted octanol–water partition coefficient (Wildman–Crippen LogP) is -2.08. The van der Waals surface area contributed by atoms with Crippen molar-refractivity contribution in [3.05, 3.63) is 54.1 Å². The Bertz CT molecular complexity index is 1060. The fourth-order valence-corrected chi connectivity index (χ4v) is 3.33. The van der Waals surface area contributed by atoms with Gasteiger partial charge in [0.05, 0.1) is 19.0 Å². The van der Waals surface area contributed by atoms with Crippen molar-refractivity contribution >= 4 is 29.7 Å². The number of nitrogens with two attached hydrogens (primary N) is 1. The Morgan fingerprint density at radius 1 is 0.892 bits per heavy atom. The molecule has 2 aromatic rings. The van der Waals surface area contributed by atoms with Gasteiger partial charge >= 0.3 is 11.9 Å². The van der Waals surface area contributed by atoms with Gasteiger partial charge in [-0.2, -0.15) is 0 Å². The van der Waals surface area contributed by atoms with Gasteiger partial charge < -0.3 is 42.0 Å². The number of aliphatic carboxylic acids is 2. The number of carboxylic acid groups (broad SMARTS) is 2. The monoisotopic (exact) mass is 518 g/mol. The van der Waals surface area contributed by atoms with E-state index in [1.54, 1.807) is 24.3 Å². The molecule has 0 aliphatic rings. The number of carbonyl (C=O) groups is 5. The van der Waals surface area contributed by atoms with Gasteiger partial charge in [0.2, 0.25) is 17.7 Å². The number of amides is 3. The summed E-state index contributed by atoms with van der Waals surface area (Å²) in [5.74, 6) is -5.25. The number of hydrogen-bond acceptors (Lipinski definition) is 8. The number of benzene rings is 1. The van der Waals surface area contributed by atoms with Crippen LogP contribution in [0.15, 0.2) is 42.9 Å². The second-order valence-corrected chi connectivity index (χ2v) is 8.21. The highest BCUT2D eigenvalue weighted by Gasteiger charge is 2.30. The Morgan fingerprint density at radius 3 is 2.08 bits per heavy atom. The number of imidazole rings is 1. The Morgan fingerprint density at radius 2 is 1.51 bits per heavy atom. The molecule has 0 saturated heterocycles. The normalized spacial score (nSPS) is 14.0. The van der Waals surface area contributed by atoms with Crippen molar-refractivity contribution in [2.45, 2.75) is 49.9 Å². The highest BCUT2D eigenvalue weighted by atomic mass is 16.4. The fourth-order valence-electron chi connectivity index (χ4n) is 3.33. The van der Waals surface area contributed by atoms with E-state index >= 15 is 0 Å². The minimum absolute atomic E-state index is 0.0498. The van der Waals surface area contributed by atoms with Crippen molar-refractivity contribution < 1.29 is 39.3 Å². The van der Waals surface area contributed by atoms with E-state index in [2.05, 4.69) is 25.9 Å². The van der Waals surface area contributed by atoms with Gasteiger partial charge in [-0.1, -0.05) is 30.3 Å². The summed E-state index contributed by atoms with van der Waals surface area (Å²) >= 11 is 0. The SMILES string of the molecule is NC(Cc1ccccc1)C(=O)NC(Cc1cnc[nH]1)C(=O)NC(CO)C(=O)NC(CCC(=O)O)C(=O)O. The van der Waals surface area contributed by atoms with E-state index in [4.69, 9.17) is 10.8 Å². The van der Waals surface area contributed by atoms with Gasteiger partial charge in [-0.05, 0) is 18.4 Å². The fraction of sp³-hybridized carbons (Fsp3) is 0.391. The van der Waals surface area contributed by atoms with Crippen molar-refractivity contribution in [2.24, 2.45) is 5.73 Å². The third kappa shape index (κ3) is 9.70. The van der Waals surface area contributed by atoms with E-state index in [1.807, 2.05) is 6.07 Å². The Hall–Kier alpha value is -4.30. The molecule has 0 fully saturated rings. The molecular weight excluding hydrogens is 488 g/mol. The number of rotatable bonds is 15. The van der Waals surface area contributed by atoms with Crippen molar-refractivity contribution in [3.63, 3.8) is 0 Å². The topological polar surface area (TPSA) is 237 Å². The summed E-state index contributed by atoms with van der Waals surface area (Å²) in [7, 11) is 0. The second-order valence-electron chi connectivity index (χ2n) is 8.21. The molecule has 14 heteroatoms. The zero-order valence-corrected chi connectivity index (χ0v) is 19.8. The number of carboxylic acids is 2. The molecule has 0 aliphatic heterocycles. The predicted molar refractivity (Wildman–Crippen MR) is 128 cm³/mol. The number of aliphatic hydroxyl groups is 1. The molecule has 0 spiro atoms. The first-order valence-electron chi connectivity index (χ1n) is 11.3. The van der Waals surface area contributed by atoms with Crippen molar-refractivity contribution in [1.29, 1.82) is 0 Å². The van der Waals surface area contributed by atoms with Crippen LogP contribution in [0.2, 0.25) is 0 Å². The number of aliphatic hydroxyl groups excluding tert-OH is 1. The molecule has 3 amide bonds. The summed E-state index contributed by atoms with van der Waals surface area (Å²) in [5, 5.41) is 34.6. The third-order valence-electron chi connectivity index (χ3n) is 5.32. The molecule has 4 unspecified atom stereocenters. The van der Waals surface area contributed by atoms with E-state index in [0.29, 0.717) is 5.69 Å². The van der Waals surface area contributed by atoms with Gasteiger partial charge in [-0.25, -0.2) is 9.78 Å². The van der Waals surface area contributed by atoms with Crippen LogP contribution >= 0.6 is 0 Å². The highest BCUT2D eigenvalue weighted by Crippen LogP contribution is 2.05. The lowest BCUT2D eigenvalue weighted by Crippen LogP contribution is -2.58. The average molecular weight is 519 g/mol. The lowest BCUT2D eigenvalue weighted by Gasteiger charge is -2.24. The summed E-state index contributed by atoms with van der Waals surface area (Å²) in [6.07, 6.45) is 2.05. The smallest absolute Gasteiger partial charge is 0.326 e. The maximum absolute atomic E-state index is 13.0. The lowest BCUT2D eigenvalue weighted by atomic mass is 10.0. The molecule has 14 nitrogen and oxygen atoms in total. The largest absolute Gasteiger partial charge is 0.481 e. The Labute approximate surface area is 211 Å². The maximum Gasteiger partial charge on any atom is 0.326 e. The Kier molecular flexibility index (Phi) is 11.2. The van der Waals surface area contributed by atoms with Crippen molar-refractivity contribution in [3.8, 4) is 0 Å². The van der Waals surface area contributed by atoms with Crippen LogP contribution in [0.5, 0.6) is 0 Å². The van der Waals surface area contributed by atoms with E-state index in [1.165, 1.54) is 12.5 Å². The molecule has 0 aliphatic carbocycles. The first-order valence-corrected chi connectivity index (χ1v) is 11.3. The second kappa shape index (κ2) is 14.3. The molecule has 37 heavy (non-hydrogen) atoms. The number of hydrogen-bond donors (Lipinski definition) is 8. The molecule has 4 atom stereocenters. The number of carbonyl (C=O) groups excluding carboxylic acids is 3. The standard InChI is InChI=1S/C23H30N6O8/c24-15(8-13-4-2-1-3-5-13)20(33)28-17(9-14-10-25-12-26-14)21(34)29-18(11-30)22(35)27-16(23(36)37)6-7-19(31)32/h1-5,10,12,15-18,30H,6-9,11,24H2,(H,25,26)(H,27,35)(H,28,33)(H,29,34)(H,31,32)(H,36,37). The third-order valence-corrected chi connectivity index (χ3v) is 5.32. The van der Waals surface area contributed by atoms with Gasteiger partial charge in [-0.3, -0.25) is 19.2 Å². The number of nitrogens with one attached hydrogen (secondary N) is 4. The minimum atomic E-state index is -1.57. The summed E-state index contributed by atoms with van der Waals surface area (Å²) in [6, 6.07) is 3.68. The van der Waals surface area contributed by atoms with E-state index < -0.39 is 73.3 Å². The summed E-state index contributed by atoms with van der Waals surface area (Å²) in [6.45, 7) is -0.888. The van der Waals surface area contributed by atoms with Gasteiger partial charge in [-0.15, -0.1) is 0 Å². The molecule has 9 N–H and O–H groups in total. The first-order chi connectivity index (χ1) is 17.6. The van der Waals surface area contributed by atoms with E-state index in [-0.39, 0.29) is 12.8 Å². The van der Waals surface area contributed by atoms with Gasteiger partial charge in [0, 0.05) is 24.7 Å². The van der Waals surface area contributed by atoms with Crippen LogP contribution in [0.1, 0.15) is 24.1 Å². The van der Waals surface area contributed by atoms with Gasteiger partial charge in [0.15, 0.2) is 0 Å². The van der Waals surface area contributed by atoms with Gasteiger partial charge in [0.25, 0.3) is 0 Å². The molecule has 2 rings (SSSR count). The first kappa shape index (κ1) is 28.9.